The van der Waals surface area contributed by atoms with Gasteiger partial charge in [-0.25, -0.2) is 12.8 Å². The van der Waals surface area contributed by atoms with Crippen LogP contribution in [-0.2, 0) is 32.6 Å². The summed E-state index contributed by atoms with van der Waals surface area (Å²) in [5, 5.41) is 2.94. The standard InChI is InChI=1S/C36H40FN3O5S/c1-5-45-32-19-21-33(22-20-32)46(43,44)40(31-17-15-30(37)16-18-31)25-35(41)39(24-29-13-11-27(4)12-14-29)34(36(42)38-26(2)3)23-28-9-7-6-8-10-28/h6-22,26,34H,5,23-25H2,1-4H3,(H,38,42). The lowest BCUT2D eigenvalue weighted by atomic mass is 10.0. The number of hydrogen-bond acceptors (Lipinski definition) is 5. The summed E-state index contributed by atoms with van der Waals surface area (Å²) in [7, 11) is -4.32. The van der Waals surface area contributed by atoms with Crippen LogP contribution in [0.5, 0.6) is 5.75 Å². The Morgan fingerprint density at radius 3 is 2.07 bits per heavy atom. The largest absolute Gasteiger partial charge is 0.494 e. The second-order valence-electron chi connectivity index (χ2n) is 11.3. The number of nitrogens with zero attached hydrogens (tertiary/aromatic N) is 2. The maximum Gasteiger partial charge on any atom is 0.264 e. The van der Waals surface area contributed by atoms with Crippen LogP contribution in [0.1, 0.15) is 37.5 Å². The van der Waals surface area contributed by atoms with E-state index >= 15 is 0 Å². The number of anilines is 1. The Kier molecular flexibility index (Phi) is 11.5. The van der Waals surface area contributed by atoms with Crippen molar-refractivity contribution < 1.29 is 27.1 Å². The minimum atomic E-state index is -4.32. The summed E-state index contributed by atoms with van der Waals surface area (Å²) in [6.45, 7) is 7.28. The zero-order valence-corrected chi connectivity index (χ0v) is 27.3. The molecule has 0 bridgehead atoms. The van der Waals surface area contributed by atoms with Gasteiger partial charge in [0.05, 0.1) is 17.2 Å². The molecule has 0 fully saturated rings. The summed E-state index contributed by atoms with van der Waals surface area (Å²) in [4.78, 5) is 29.6. The molecule has 0 aromatic heterocycles. The van der Waals surface area contributed by atoms with Gasteiger partial charge in [-0.1, -0.05) is 60.2 Å². The summed E-state index contributed by atoms with van der Waals surface area (Å²) in [5.74, 6) is -1.01. The van der Waals surface area contributed by atoms with Gasteiger partial charge in [-0.3, -0.25) is 13.9 Å². The highest BCUT2D eigenvalue weighted by Gasteiger charge is 2.35. The van der Waals surface area contributed by atoms with Gasteiger partial charge in [0.1, 0.15) is 24.2 Å². The minimum absolute atomic E-state index is 0.0580. The van der Waals surface area contributed by atoms with E-state index < -0.39 is 34.3 Å². The number of aryl methyl sites for hydroxylation is 1. The Balaban J connectivity index is 1.79. The minimum Gasteiger partial charge on any atom is -0.494 e. The fraction of sp³-hybridized carbons (Fsp3) is 0.278. The third-order valence-corrected chi connectivity index (χ3v) is 9.08. The Hall–Kier alpha value is -4.70. The molecule has 0 saturated carbocycles. The summed E-state index contributed by atoms with van der Waals surface area (Å²) in [5.41, 5.74) is 2.75. The van der Waals surface area contributed by atoms with Crippen molar-refractivity contribution >= 4 is 27.5 Å². The first-order chi connectivity index (χ1) is 22.0. The highest BCUT2D eigenvalue weighted by atomic mass is 32.2. The average Bonchev–Trinajstić information content (AvgIpc) is 3.03. The van der Waals surface area contributed by atoms with Gasteiger partial charge in [-0.2, -0.15) is 0 Å². The van der Waals surface area contributed by atoms with E-state index in [9.17, 15) is 22.4 Å². The van der Waals surface area contributed by atoms with Gasteiger partial charge >= 0.3 is 0 Å². The van der Waals surface area contributed by atoms with Crippen LogP contribution in [0.4, 0.5) is 10.1 Å². The molecule has 46 heavy (non-hydrogen) atoms. The van der Waals surface area contributed by atoms with Gasteiger partial charge in [0.25, 0.3) is 10.0 Å². The van der Waals surface area contributed by atoms with E-state index in [1.165, 1.54) is 41.3 Å². The molecule has 1 N–H and O–H groups in total. The number of hydrogen-bond donors (Lipinski definition) is 1. The van der Waals surface area contributed by atoms with Crippen molar-refractivity contribution in [3.63, 3.8) is 0 Å². The lowest BCUT2D eigenvalue weighted by molar-refractivity contribution is -0.140. The molecule has 1 atom stereocenters. The SMILES string of the molecule is CCOc1ccc(S(=O)(=O)N(CC(=O)N(Cc2ccc(C)cc2)C(Cc2ccccc2)C(=O)NC(C)C)c2ccc(F)cc2)cc1. The average molecular weight is 646 g/mol. The molecule has 2 amide bonds. The summed E-state index contributed by atoms with van der Waals surface area (Å²) < 4.78 is 48.6. The molecule has 0 saturated heterocycles. The number of carbonyl (C=O) groups is 2. The van der Waals surface area contributed by atoms with Crippen LogP contribution >= 0.6 is 0 Å². The maximum atomic E-state index is 14.5. The van der Waals surface area contributed by atoms with Gasteiger partial charge in [-0.05, 0) is 87.4 Å². The maximum absolute atomic E-state index is 14.5. The fourth-order valence-electron chi connectivity index (χ4n) is 4.96. The highest BCUT2D eigenvalue weighted by molar-refractivity contribution is 7.92. The van der Waals surface area contributed by atoms with Gasteiger partial charge < -0.3 is 15.0 Å². The first kappa shape index (κ1) is 34.2. The molecule has 4 aromatic rings. The van der Waals surface area contributed by atoms with E-state index in [0.29, 0.717) is 12.4 Å². The number of ether oxygens (including phenoxy) is 1. The number of halogens is 1. The molecule has 0 aliphatic heterocycles. The smallest absolute Gasteiger partial charge is 0.264 e. The molecule has 0 heterocycles. The second-order valence-corrected chi connectivity index (χ2v) is 13.1. The molecular formula is C36H40FN3O5S. The van der Waals surface area contributed by atoms with Crippen molar-refractivity contribution in [3.05, 3.63) is 126 Å². The van der Waals surface area contributed by atoms with Crippen molar-refractivity contribution in [1.29, 1.82) is 0 Å². The predicted molar refractivity (Wildman–Crippen MR) is 177 cm³/mol. The Morgan fingerprint density at radius 2 is 1.48 bits per heavy atom. The van der Waals surface area contributed by atoms with E-state index in [0.717, 1.165) is 33.1 Å². The van der Waals surface area contributed by atoms with E-state index in [2.05, 4.69) is 5.32 Å². The van der Waals surface area contributed by atoms with Gasteiger partial charge in [0, 0.05) is 19.0 Å². The van der Waals surface area contributed by atoms with Crippen LogP contribution in [0.15, 0.2) is 108 Å². The van der Waals surface area contributed by atoms with E-state index in [1.807, 2.05) is 82.3 Å². The molecule has 0 aliphatic rings. The molecule has 4 aromatic carbocycles. The number of sulfonamides is 1. The molecule has 0 radical (unpaired) electrons. The third-order valence-electron chi connectivity index (χ3n) is 7.29. The lowest BCUT2D eigenvalue weighted by Gasteiger charge is -2.34. The topological polar surface area (TPSA) is 96.0 Å². The lowest BCUT2D eigenvalue weighted by Crippen LogP contribution is -2.54. The normalized spacial score (nSPS) is 12.0. The van der Waals surface area contributed by atoms with E-state index in [-0.39, 0.29) is 35.5 Å². The molecule has 4 rings (SSSR count). The van der Waals surface area contributed by atoms with Gasteiger partial charge in [-0.15, -0.1) is 0 Å². The second kappa shape index (κ2) is 15.5. The number of rotatable bonds is 14. The fourth-order valence-corrected chi connectivity index (χ4v) is 6.38. The Morgan fingerprint density at radius 1 is 0.848 bits per heavy atom. The molecule has 0 spiro atoms. The van der Waals surface area contributed by atoms with Crippen molar-refractivity contribution in [2.24, 2.45) is 0 Å². The highest BCUT2D eigenvalue weighted by Crippen LogP contribution is 2.27. The van der Waals surface area contributed by atoms with Crippen LogP contribution in [-0.4, -0.2) is 50.4 Å². The quantitative estimate of drug-likeness (QED) is 0.185. The van der Waals surface area contributed by atoms with Crippen LogP contribution < -0.4 is 14.4 Å². The zero-order valence-electron chi connectivity index (χ0n) is 26.5. The van der Waals surface area contributed by atoms with Gasteiger partial charge in [0.2, 0.25) is 11.8 Å². The molecule has 8 nitrogen and oxygen atoms in total. The van der Waals surface area contributed by atoms with E-state index in [1.54, 1.807) is 0 Å². The summed E-state index contributed by atoms with van der Waals surface area (Å²) >= 11 is 0. The van der Waals surface area contributed by atoms with E-state index in [4.69, 9.17) is 4.74 Å². The molecular weight excluding hydrogens is 605 g/mol. The first-order valence-corrected chi connectivity index (χ1v) is 16.6. The molecule has 0 aliphatic carbocycles. The Labute approximate surface area is 270 Å². The van der Waals surface area contributed by atoms with Crippen molar-refractivity contribution in [2.75, 3.05) is 17.5 Å². The molecule has 242 valence electrons. The zero-order chi connectivity index (χ0) is 33.3. The summed E-state index contributed by atoms with van der Waals surface area (Å²) in [6.07, 6.45) is 0.208. The molecule has 10 heteroatoms. The number of amides is 2. The van der Waals surface area contributed by atoms with Gasteiger partial charge in [0.15, 0.2) is 0 Å². The van der Waals surface area contributed by atoms with Crippen LogP contribution in [0.25, 0.3) is 0 Å². The van der Waals surface area contributed by atoms with Crippen molar-refractivity contribution in [2.45, 2.75) is 57.6 Å². The van der Waals surface area contributed by atoms with Crippen molar-refractivity contribution in [1.82, 2.24) is 10.2 Å². The third kappa shape index (κ3) is 8.94. The predicted octanol–water partition coefficient (Wildman–Crippen LogP) is 5.89. The van der Waals surface area contributed by atoms with Crippen LogP contribution in [0.2, 0.25) is 0 Å². The number of benzene rings is 4. The number of carbonyl (C=O) groups excluding carboxylic acids is 2. The Bertz CT molecular complexity index is 1700. The first-order valence-electron chi connectivity index (χ1n) is 15.2. The van der Waals surface area contributed by atoms with Crippen LogP contribution in [0, 0.1) is 12.7 Å². The van der Waals surface area contributed by atoms with Crippen molar-refractivity contribution in [3.8, 4) is 5.75 Å². The number of nitrogens with one attached hydrogen (secondary N) is 1. The molecule has 1 unspecified atom stereocenters. The summed E-state index contributed by atoms with van der Waals surface area (Å²) in [6, 6.07) is 26.6. The van der Waals surface area contributed by atoms with Crippen LogP contribution in [0.3, 0.4) is 0 Å². The monoisotopic (exact) mass is 645 g/mol.